The van der Waals surface area contributed by atoms with E-state index in [1.807, 2.05) is 0 Å². The first kappa shape index (κ1) is 27.4. The van der Waals surface area contributed by atoms with Gasteiger partial charge >= 0.3 is 12.1 Å². The summed E-state index contributed by atoms with van der Waals surface area (Å²) < 4.78 is 66.6. The van der Waals surface area contributed by atoms with Crippen LogP contribution in [0.2, 0.25) is 0 Å². The number of benzene rings is 2. The van der Waals surface area contributed by atoms with Gasteiger partial charge in [0.1, 0.15) is 22.8 Å². The number of carbonyl (C=O) groups is 1. The van der Waals surface area contributed by atoms with Crippen molar-refractivity contribution in [1.82, 2.24) is 0 Å². The maximum absolute atomic E-state index is 15.1. The number of hydrogen-bond acceptors (Lipinski definition) is 5. The fourth-order valence-electron chi connectivity index (χ4n) is 4.12. The topological polar surface area (TPSA) is 52.6 Å². The highest BCUT2D eigenvalue weighted by Gasteiger charge is 2.35. The van der Waals surface area contributed by atoms with Crippen molar-refractivity contribution >= 4 is 27.4 Å². The molecule has 0 fully saturated rings. The third-order valence-corrected chi connectivity index (χ3v) is 6.23. The van der Waals surface area contributed by atoms with Gasteiger partial charge < -0.3 is 9.47 Å². The fourth-order valence-corrected chi connectivity index (χ4v) is 5.04. The lowest BCUT2D eigenvalue weighted by Gasteiger charge is -2.35. The summed E-state index contributed by atoms with van der Waals surface area (Å²) in [5.74, 6) is -1.15. The van der Waals surface area contributed by atoms with Gasteiger partial charge in [0.2, 0.25) is 4.74 Å². The van der Waals surface area contributed by atoms with E-state index in [0.717, 1.165) is 18.2 Å². The van der Waals surface area contributed by atoms with Crippen LogP contribution in [0.3, 0.4) is 0 Å². The Morgan fingerprint density at radius 1 is 1.00 bits per heavy atom. The number of esters is 1. The number of fused-ring (bicyclic) bond motifs is 1. The molecule has 0 amide bonds. The minimum Gasteiger partial charge on any atom is -0.488 e. The van der Waals surface area contributed by atoms with Crippen LogP contribution < -0.4 is 9.48 Å². The molecule has 0 aliphatic heterocycles. The molecule has 0 atom stereocenters. The number of rotatable bonds is 7. The second kappa shape index (κ2) is 9.69. The van der Waals surface area contributed by atoms with Crippen molar-refractivity contribution in [2.75, 3.05) is 0 Å². The lowest BCUT2D eigenvalue weighted by molar-refractivity contribution is -0.155. The SMILES string of the molecule is C=C(C)C(=O)OC(C)(C)CC(C)(C)Oc1cc(F)c2cc(-c3ccccc3C(F)(F)F)c(=O)sc2c1. The summed E-state index contributed by atoms with van der Waals surface area (Å²) in [5.41, 5.74) is -3.07. The van der Waals surface area contributed by atoms with Crippen molar-refractivity contribution in [3.63, 3.8) is 0 Å². The predicted octanol–water partition coefficient (Wildman–Crippen LogP) is 7.53. The van der Waals surface area contributed by atoms with E-state index in [0.29, 0.717) is 11.3 Å². The van der Waals surface area contributed by atoms with Crippen molar-refractivity contribution in [3.05, 3.63) is 75.5 Å². The molecule has 0 N–H and O–H groups in total. The van der Waals surface area contributed by atoms with E-state index in [4.69, 9.17) is 9.47 Å². The molecule has 36 heavy (non-hydrogen) atoms. The molecular formula is C27H26F4O4S. The number of carbonyl (C=O) groups excluding carboxylic acids is 1. The third kappa shape index (κ3) is 6.32. The van der Waals surface area contributed by atoms with Gasteiger partial charge in [-0.15, -0.1) is 0 Å². The summed E-state index contributed by atoms with van der Waals surface area (Å²) >= 11 is 0.640. The van der Waals surface area contributed by atoms with Crippen molar-refractivity contribution in [2.24, 2.45) is 0 Å². The Morgan fingerprint density at radius 2 is 1.64 bits per heavy atom. The van der Waals surface area contributed by atoms with Crippen molar-refractivity contribution < 1.29 is 31.8 Å². The van der Waals surface area contributed by atoms with Crippen LogP contribution in [-0.2, 0) is 15.7 Å². The fraction of sp³-hybridized carbons (Fsp3) is 0.333. The van der Waals surface area contributed by atoms with Crippen molar-refractivity contribution in [2.45, 2.75) is 58.4 Å². The highest BCUT2D eigenvalue weighted by molar-refractivity contribution is 7.16. The van der Waals surface area contributed by atoms with Crippen LogP contribution in [0.5, 0.6) is 5.75 Å². The van der Waals surface area contributed by atoms with Crippen LogP contribution >= 0.6 is 11.3 Å². The average molecular weight is 523 g/mol. The molecule has 0 unspecified atom stereocenters. The van der Waals surface area contributed by atoms with E-state index in [2.05, 4.69) is 6.58 Å². The first-order valence-corrected chi connectivity index (χ1v) is 11.8. The third-order valence-electron chi connectivity index (χ3n) is 5.26. The first-order chi connectivity index (χ1) is 16.5. The Labute approximate surface area is 210 Å². The minimum absolute atomic E-state index is 0.00690. The Hall–Kier alpha value is -3.20. The Bertz CT molecular complexity index is 1390. The summed E-state index contributed by atoms with van der Waals surface area (Å²) in [6.45, 7) is 12.0. The Morgan fingerprint density at radius 3 is 2.25 bits per heavy atom. The predicted molar refractivity (Wildman–Crippen MR) is 133 cm³/mol. The summed E-state index contributed by atoms with van der Waals surface area (Å²) in [7, 11) is 0. The molecule has 0 radical (unpaired) electrons. The molecule has 3 rings (SSSR count). The molecule has 0 aliphatic rings. The summed E-state index contributed by atoms with van der Waals surface area (Å²) in [6.07, 6.45) is -4.42. The molecule has 1 aromatic heterocycles. The molecule has 1 heterocycles. The Balaban J connectivity index is 1.96. The molecule has 9 heteroatoms. The van der Waals surface area contributed by atoms with Crippen LogP contribution in [-0.4, -0.2) is 17.2 Å². The monoisotopic (exact) mass is 522 g/mol. The number of halogens is 4. The van der Waals surface area contributed by atoms with Crippen LogP contribution in [0.1, 0.15) is 46.6 Å². The van der Waals surface area contributed by atoms with Crippen molar-refractivity contribution in [1.29, 1.82) is 0 Å². The molecule has 0 spiro atoms. The highest BCUT2D eigenvalue weighted by atomic mass is 32.1. The molecule has 3 aromatic rings. The van der Waals surface area contributed by atoms with Crippen LogP contribution in [0.4, 0.5) is 17.6 Å². The number of hydrogen-bond donors (Lipinski definition) is 0. The standard InChI is InChI=1S/C27H26F4O4S/c1-15(2)23(32)35-26(5,6)14-25(3,4)34-16-11-21(28)19-13-18(24(33)36-22(19)12-16)17-9-7-8-10-20(17)27(29,30)31/h7-13H,1,14H2,2-6H3. The molecule has 192 valence electrons. The second-order valence-electron chi connectivity index (χ2n) is 9.78. The average Bonchev–Trinajstić information content (AvgIpc) is 2.71. The number of alkyl halides is 3. The van der Waals surface area contributed by atoms with Gasteiger partial charge in [-0.1, -0.05) is 36.1 Å². The molecule has 0 saturated carbocycles. The molecule has 0 bridgehead atoms. The smallest absolute Gasteiger partial charge is 0.417 e. The second-order valence-corrected chi connectivity index (χ2v) is 10.8. The summed E-state index contributed by atoms with van der Waals surface area (Å²) in [4.78, 5) is 24.7. The largest absolute Gasteiger partial charge is 0.488 e. The van der Waals surface area contributed by atoms with Gasteiger partial charge in [-0.3, -0.25) is 4.79 Å². The zero-order chi connectivity index (χ0) is 27.1. The van der Waals surface area contributed by atoms with E-state index < -0.39 is 39.5 Å². The molecule has 0 saturated heterocycles. The van der Waals surface area contributed by atoms with Gasteiger partial charge in [-0.05, 0) is 58.4 Å². The van der Waals surface area contributed by atoms with E-state index in [1.54, 1.807) is 27.7 Å². The van der Waals surface area contributed by atoms with Gasteiger partial charge in [0.05, 0.1) is 5.56 Å². The van der Waals surface area contributed by atoms with E-state index in [-0.39, 0.29) is 39.0 Å². The maximum atomic E-state index is 15.1. The van der Waals surface area contributed by atoms with Gasteiger partial charge in [-0.25, -0.2) is 9.18 Å². The van der Waals surface area contributed by atoms with Crippen LogP contribution in [0.25, 0.3) is 21.2 Å². The highest BCUT2D eigenvalue weighted by Crippen LogP contribution is 2.38. The molecule has 4 nitrogen and oxygen atoms in total. The van der Waals surface area contributed by atoms with E-state index >= 15 is 4.39 Å². The lowest BCUT2D eigenvalue weighted by Crippen LogP contribution is -2.40. The summed E-state index contributed by atoms with van der Waals surface area (Å²) in [5, 5.41) is 0.00690. The normalized spacial score (nSPS) is 12.5. The van der Waals surface area contributed by atoms with Crippen molar-refractivity contribution in [3.8, 4) is 16.9 Å². The maximum Gasteiger partial charge on any atom is 0.417 e. The van der Waals surface area contributed by atoms with Gasteiger partial charge in [0.25, 0.3) is 0 Å². The summed E-state index contributed by atoms with van der Waals surface area (Å²) in [6, 6.07) is 8.43. The Kier molecular flexibility index (Phi) is 7.37. The van der Waals surface area contributed by atoms with Crippen LogP contribution in [0, 0.1) is 5.82 Å². The minimum atomic E-state index is -4.67. The van der Waals surface area contributed by atoms with Gasteiger partial charge in [0.15, 0.2) is 0 Å². The molecule has 0 aliphatic carbocycles. The lowest BCUT2D eigenvalue weighted by atomic mass is 9.92. The number of ether oxygens (including phenoxy) is 2. The zero-order valence-electron chi connectivity index (χ0n) is 20.5. The van der Waals surface area contributed by atoms with Gasteiger partial charge in [0, 0.05) is 33.7 Å². The first-order valence-electron chi connectivity index (χ1n) is 11.0. The zero-order valence-corrected chi connectivity index (χ0v) is 21.3. The van der Waals surface area contributed by atoms with Crippen LogP contribution in [0.15, 0.2) is 59.4 Å². The quantitative estimate of drug-likeness (QED) is 0.183. The molecular weight excluding hydrogens is 496 g/mol. The van der Waals surface area contributed by atoms with E-state index in [9.17, 15) is 22.8 Å². The van der Waals surface area contributed by atoms with Gasteiger partial charge in [-0.2, -0.15) is 13.2 Å². The molecule has 2 aromatic carbocycles. The van der Waals surface area contributed by atoms with E-state index in [1.165, 1.54) is 31.2 Å².